The van der Waals surface area contributed by atoms with Gasteiger partial charge in [-0.25, -0.2) is 5.43 Å². The van der Waals surface area contributed by atoms with Crippen molar-refractivity contribution in [3.8, 4) is 22.9 Å². The van der Waals surface area contributed by atoms with Crippen molar-refractivity contribution < 1.29 is 19.0 Å². The van der Waals surface area contributed by atoms with Gasteiger partial charge in [-0.3, -0.25) is 9.69 Å². The Hall–Kier alpha value is -3.99. The molecule has 35 heavy (non-hydrogen) atoms. The third kappa shape index (κ3) is 4.18. The number of ether oxygens (including phenoxy) is 3. The molecule has 2 aliphatic rings. The Bertz CT molecular complexity index is 1270. The number of fused-ring (bicyclic) bond motifs is 2. The van der Waals surface area contributed by atoms with Crippen LogP contribution in [0.15, 0.2) is 35.4 Å². The third-order valence-corrected chi connectivity index (χ3v) is 6.05. The molecule has 0 fully saturated rings. The second-order valence-corrected chi connectivity index (χ2v) is 8.81. The maximum Gasteiger partial charge on any atom is 0.271 e. The van der Waals surface area contributed by atoms with Crippen LogP contribution in [-0.2, 0) is 6.42 Å². The SMILES string of the molecule is COc1c2c(cc3c1C(c1nnnn1-c1ccc(C(=O)NN=CC(C)C)cc1)N(C)CC3)OCO2. The highest BCUT2D eigenvalue weighted by atomic mass is 16.7. The fourth-order valence-electron chi connectivity index (χ4n) is 4.37. The summed E-state index contributed by atoms with van der Waals surface area (Å²) >= 11 is 0. The van der Waals surface area contributed by atoms with E-state index in [4.69, 9.17) is 14.2 Å². The number of hydrazone groups is 1. The van der Waals surface area contributed by atoms with Crippen molar-refractivity contribution in [2.24, 2.45) is 11.0 Å². The third-order valence-electron chi connectivity index (χ3n) is 6.05. The largest absolute Gasteiger partial charge is 0.492 e. The number of nitrogens with zero attached hydrogens (tertiary/aromatic N) is 6. The van der Waals surface area contributed by atoms with Crippen LogP contribution in [0.1, 0.15) is 47.2 Å². The van der Waals surface area contributed by atoms with Crippen molar-refractivity contribution in [3.63, 3.8) is 0 Å². The van der Waals surface area contributed by atoms with E-state index in [2.05, 4.69) is 31.0 Å². The average molecular weight is 478 g/mol. The van der Waals surface area contributed by atoms with Crippen molar-refractivity contribution in [1.29, 1.82) is 0 Å². The van der Waals surface area contributed by atoms with E-state index in [-0.39, 0.29) is 24.7 Å². The molecule has 2 aliphatic heterocycles. The molecule has 2 aromatic carbocycles. The molecular formula is C24H27N7O4. The van der Waals surface area contributed by atoms with Crippen LogP contribution in [0.5, 0.6) is 17.2 Å². The summed E-state index contributed by atoms with van der Waals surface area (Å²) in [6.07, 6.45) is 2.51. The fraction of sp³-hybridized carbons (Fsp3) is 0.375. The van der Waals surface area contributed by atoms with Crippen molar-refractivity contribution in [2.75, 3.05) is 27.5 Å². The molecule has 11 heteroatoms. The van der Waals surface area contributed by atoms with Gasteiger partial charge < -0.3 is 14.2 Å². The summed E-state index contributed by atoms with van der Waals surface area (Å²) in [5.41, 5.74) is 5.82. The number of tetrazole rings is 1. The molecule has 1 atom stereocenters. The number of carbonyl (C=O) groups is 1. The number of carbonyl (C=O) groups excluding carboxylic acids is 1. The molecule has 0 aliphatic carbocycles. The predicted octanol–water partition coefficient (Wildman–Crippen LogP) is 2.35. The Kier molecular flexibility index (Phi) is 6.08. The van der Waals surface area contributed by atoms with Crippen molar-refractivity contribution in [1.82, 2.24) is 30.5 Å². The number of likely N-dealkylation sites (N-methyl/N-ethyl adjacent to an activating group) is 1. The van der Waals surface area contributed by atoms with Crippen LogP contribution in [0.2, 0.25) is 0 Å². The molecule has 0 spiro atoms. The Balaban J connectivity index is 1.49. The molecule has 0 radical (unpaired) electrons. The zero-order chi connectivity index (χ0) is 24.5. The smallest absolute Gasteiger partial charge is 0.271 e. The first-order chi connectivity index (χ1) is 17.0. The lowest BCUT2D eigenvalue weighted by molar-refractivity contribution is 0.0955. The van der Waals surface area contributed by atoms with Crippen LogP contribution < -0.4 is 19.6 Å². The van der Waals surface area contributed by atoms with Gasteiger partial charge in [0.25, 0.3) is 5.91 Å². The summed E-state index contributed by atoms with van der Waals surface area (Å²) in [6.45, 7) is 4.94. The monoisotopic (exact) mass is 477 g/mol. The van der Waals surface area contributed by atoms with Gasteiger partial charge in [0, 0.05) is 23.9 Å². The summed E-state index contributed by atoms with van der Waals surface area (Å²) in [5, 5.41) is 16.6. The fourth-order valence-corrected chi connectivity index (χ4v) is 4.37. The topological polar surface area (TPSA) is 116 Å². The Morgan fingerprint density at radius 2 is 2.09 bits per heavy atom. The molecule has 3 heterocycles. The van der Waals surface area contributed by atoms with Gasteiger partial charge in [0.05, 0.1) is 12.8 Å². The van der Waals surface area contributed by atoms with Gasteiger partial charge in [-0.1, -0.05) is 13.8 Å². The lowest BCUT2D eigenvalue weighted by atomic mass is 9.90. The number of aromatic nitrogens is 4. The van der Waals surface area contributed by atoms with Crippen LogP contribution in [0.25, 0.3) is 5.69 Å². The normalized spacial score (nSPS) is 17.1. The first kappa shape index (κ1) is 22.8. The maximum absolute atomic E-state index is 12.4. The summed E-state index contributed by atoms with van der Waals surface area (Å²) in [4.78, 5) is 14.6. The molecule has 11 nitrogen and oxygen atoms in total. The van der Waals surface area contributed by atoms with Crippen LogP contribution in [0, 0.1) is 5.92 Å². The van der Waals surface area contributed by atoms with Crippen LogP contribution in [-0.4, -0.2) is 64.7 Å². The van der Waals surface area contributed by atoms with E-state index >= 15 is 0 Å². The highest BCUT2D eigenvalue weighted by molar-refractivity contribution is 5.94. The zero-order valence-corrected chi connectivity index (χ0v) is 20.1. The van der Waals surface area contributed by atoms with E-state index in [1.807, 2.05) is 39.1 Å². The van der Waals surface area contributed by atoms with E-state index < -0.39 is 0 Å². The van der Waals surface area contributed by atoms with Gasteiger partial charge in [0.2, 0.25) is 12.5 Å². The highest BCUT2D eigenvalue weighted by Gasteiger charge is 2.37. The summed E-state index contributed by atoms with van der Waals surface area (Å²) in [6, 6.07) is 8.80. The summed E-state index contributed by atoms with van der Waals surface area (Å²) in [7, 11) is 3.66. The molecule has 3 aromatic rings. The second-order valence-electron chi connectivity index (χ2n) is 8.81. The van der Waals surface area contributed by atoms with Crippen molar-refractivity contribution in [3.05, 3.63) is 52.8 Å². The lowest BCUT2D eigenvalue weighted by Crippen LogP contribution is -2.35. The summed E-state index contributed by atoms with van der Waals surface area (Å²) in [5.74, 6) is 2.51. The first-order valence-corrected chi connectivity index (χ1v) is 11.4. The van der Waals surface area contributed by atoms with E-state index in [9.17, 15) is 4.79 Å². The highest BCUT2D eigenvalue weighted by Crippen LogP contribution is 2.50. The van der Waals surface area contributed by atoms with Crippen LogP contribution in [0.3, 0.4) is 0 Å². The van der Waals surface area contributed by atoms with Gasteiger partial charge in [0.15, 0.2) is 17.3 Å². The minimum absolute atomic E-state index is 0.162. The first-order valence-electron chi connectivity index (χ1n) is 11.4. The van der Waals surface area contributed by atoms with E-state index in [1.165, 1.54) is 0 Å². The second kappa shape index (κ2) is 9.34. The van der Waals surface area contributed by atoms with Crippen LogP contribution in [0.4, 0.5) is 0 Å². The van der Waals surface area contributed by atoms with Gasteiger partial charge in [-0.2, -0.15) is 9.78 Å². The standard InChI is InChI=1S/C24H27N7O4/c1-14(2)12-25-27-24(32)15-5-7-17(8-6-15)31-23(26-28-29-31)20-19-16(9-10-30(20)3)11-18-21(22(19)33-4)35-13-34-18/h5-8,11-12,14,20H,9-10,13H2,1-4H3,(H,27,32). The molecule has 5 rings (SSSR count). The molecule has 0 saturated heterocycles. The molecule has 1 unspecified atom stereocenters. The van der Waals surface area contributed by atoms with Gasteiger partial charge in [-0.15, -0.1) is 5.10 Å². The minimum atomic E-state index is -0.285. The molecule has 0 saturated carbocycles. The number of amides is 1. The van der Waals surface area contributed by atoms with Gasteiger partial charge >= 0.3 is 0 Å². The lowest BCUT2D eigenvalue weighted by Gasteiger charge is -2.34. The van der Waals surface area contributed by atoms with Gasteiger partial charge in [-0.05, 0) is 65.7 Å². The van der Waals surface area contributed by atoms with E-state index in [1.54, 1.807) is 30.1 Å². The number of hydrogen-bond acceptors (Lipinski definition) is 9. The predicted molar refractivity (Wildman–Crippen MR) is 127 cm³/mol. The summed E-state index contributed by atoms with van der Waals surface area (Å²) < 4.78 is 18.8. The van der Waals surface area contributed by atoms with Crippen molar-refractivity contribution in [2.45, 2.75) is 26.3 Å². The minimum Gasteiger partial charge on any atom is -0.492 e. The zero-order valence-electron chi connectivity index (χ0n) is 20.1. The Labute approximate surface area is 202 Å². The molecule has 1 amide bonds. The Morgan fingerprint density at radius 1 is 1.29 bits per heavy atom. The molecular weight excluding hydrogens is 450 g/mol. The molecule has 182 valence electrons. The van der Waals surface area contributed by atoms with Gasteiger partial charge in [0.1, 0.15) is 6.04 Å². The van der Waals surface area contributed by atoms with E-state index in [0.29, 0.717) is 28.6 Å². The number of hydrogen-bond donors (Lipinski definition) is 1. The Morgan fingerprint density at radius 3 is 2.83 bits per heavy atom. The van der Waals surface area contributed by atoms with Crippen LogP contribution >= 0.6 is 0 Å². The molecule has 1 aromatic heterocycles. The molecule has 1 N–H and O–H groups in total. The number of benzene rings is 2. The number of nitrogens with one attached hydrogen (secondary N) is 1. The number of methoxy groups -OCH3 is 1. The van der Waals surface area contributed by atoms with Crippen molar-refractivity contribution >= 4 is 12.1 Å². The van der Waals surface area contributed by atoms with E-state index in [0.717, 1.165) is 29.8 Å². The quantitative estimate of drug-likeness (QED) is 0.425. The maximum atomic E-state index is 12.4. The molecule has 0 bridgehead atoms. The number of rotatable bonds is 6. The average Bonchev–Trinajstić information content (AvgIpc) is 3.52.